The van der Waals surface area contributed by atoms with Gasteiger partial charge in [0.25, 0.3) is 0 Å². The summed E-state index contributed by atoms with van der Waals surface area (Å²) in [7, 11) is 0. The van der Waals surface area contributed by atoms with Gasteiger partial charge in [0.2, 0.25) is 0 Å². The molecule has 0 spiro atoms. The van der Waals surface area contributed by atoms with Gasteiger partial charge in [-0.05, 0) is 41.8 Å². The Morgan fingerprint density at radius 2 is 1.67 bits per heavy atom. The molecular formula is C16H11F6NO. The van der Waals surface area contributed by atoms with Crippen LogP contribution in [0.1, 0.15) is 22.7 Å². The monoisotopic (exact) mass is 347 g/mol. The Hall–Kier alpha value is -2.38. The number of hydrogen-bond donors (Lipinski definition) is 1. The Bertz CT molecular complexity index is 753. The van der Waals surface area contributed by atoms with Crippen LogP contribution in [0.4, 0.5) is 32.0 Å². The molecule has 1 aliphatic heterocycles. The van der Waals surface area contributed by atoms with Gasteiger partial charge in [-0.15, -0.1) is 13.2 Å². The van der Waals surface area contributed by atoms with E-state index in [1.165, 1.54) is 30.3 Å². The Balaban J connectivity index is 1.88. The average molecular weight is 347 g/mol. The van der Waals surface area contributed by atoms with Crippen LogP contribution in [-0.4, -0.2) is 6.36 Å². The molecule has 2 aromatic carbocycles. The summed E-state index contributed by atoms with van der Waals surface area (Å²) >= 11 is 0. The van der Waals surface area contributed by atoms with E-state index < -0.39 is 29.9 Å². The normalized spacial score (nSPS) is 17.3. The van der Waals surface area contributed by atoms with Gasteiger partial charge in [0.1, 0.15) is 5.75 Å². The lowest BCUT2D eigenvalue weighted by molar-refractivity contribution is -0.274. The maximum absolute atomic E-state index is 13.1. The lowest BCUT2D eigenvalue weighted by Gasteiger charge is -2.18. The highest BCUT2D eigenvalue weighted by Gasteiger charge is 2.37. The van der Waals surface area contributed by atoms with Crippen molar-refractivity contribution in [3.63, 3.8) is 0 Å². The van der Waals surface area contributed by atoms with Gasteiger partial charge in [-0.2, -0.15) is 13.2 Å². The van der Waals surface area contributed by atoms with Crippen LogP contribution in [0.25, 0.3) is 0 Å². The molecule has 1 atom stereocenters. The van der Waals surface area contributed by atoms with E-state index in [4.69, 9.17) is 0 Å². The topological polar surface area (TPSA) is 21.3 Å². The van der Waals surface area contributed by atoms with Crippen molar-refractivity contribution in [3.8, 4) is 5.75 Å². The zero-order valence-electron chi connectivity index (χ0n) is 12.0. The number of rotatable bonds is 2. The number of ether oxygens (including phenoxy) is 1. The molecule has 0 amide bonds. The molecule has 24 heavy (non-hydrogen) atoms. The van der Waals surface area contributed by atoms with E-state index in [0.29, 0.717) is 11.3 Å². The van der Waals surface area contributed by atoms with Crippen molar-refractivity contribution >= 4 is 5.69 Å². The van der Waals surface area contributed by atoms with E-state index in [2.05, 4.69) is 10.1 Å². The second-order valence-corrected chi connectivity index (χ2v) is 5.35. The third kappa shape index (κ3) is 3.42. The number of benzene rings is 2. The van der Waals surface area contributed by atoms with Crippen LogP contribution in [0.15, 0.2) is 42.5 Å². The molecule has 0 saturated heterocycles. The average Bonchev–Trinajstić information content (AvgIpc) is 2.87. The molecule has 1 aliphatic rings. The van der Waals surface area contributed by atoms with Gasteiger partial charge in [-0.3, -0.25) is 0 Å². The minimum atomic E-state index is -4.82. The second kappa shape index (κ2) is 5.61. The molecule has 0 bridgehead atoms. The van der Waals surface area contributed by atoms with Crippen LogP contribution >= 0.6 is 0 Å². The Labute approximate surface area is 133 Å². The largest absolute Gasteiger partial charge is 0.573 e. The van der Waals surface area contributed by atoms with Crippen molar-refractivity contribution < 1.29 is 31.1 Å². The fraction of sp³-hybridized carbons (Fsp3) is 0.250. The molecule has 1 unspecified atom stereocenters. The van der Waals surface area contributed by atoms with E-state index in [1.54, 1.807) is 0 Å². The molecular weight excluding hydrogens is 336 g/mol. The summed E-state index contributed by atoms with van der Waals surface area (Å²) in [5.41, 5.74) is 0.256. The highest BCUT2D eigenvalue weighted by Crippen LogP contribution is 2.41. The number of hydrogen-bond acceptors (Lipinski definition) is 2. The van der Waals surface area contributed by atoms with Crippen molar-refractivity contribution in [2.75, 3.05) is 5.32 Å². The Morgan fingerprint density at radius 1 is 0.958 bits per heavy atom. The molecule has 2 nitrogen and oxygen atoms in total. The fourth-order valence-electron chi connectivity index (χ4n) is 2.78. The van der Waals surface area contributed by atoms with Gasteiger partial charge in [0.15, 0.2) is 0 Å². The Morgan fingerprint density at radius 3 is 2.33 bits per heavy atom. The molecule has 3 rings (SSSR count). The summed E-state index contributed by atoms with van der Waals surface area (Å²) < 4.78 is 79.9. The van der Waals surface area contributed by atoms with Crippen LogP contribution in [-0.2, 0) is 12.6 Å². The van der Waals surface area contributed by atoms with Crippen LogP contribution in [0, 0.1) is 0 Å². The molecule has 1 heterocycles. The number of alkyl halides is 6. The Kier molecular flexibility index (Phi) is 3.85. The van der Waals surface area contributed by atoms with Crippen LogP contribution < -0.4 is 10.1 Å². The highest BCUT2D eigenvalue weighted by atomic mass is 19.4. The van der Waals surface area contributed by atoms with Crippen molar-refractivity contribution in [2.24, 2.45) is 0 Å². The van der Waals surface area contributed by atoms with E-state index in [1.807, 2.05) is 0 Å². The summed E-state index contributed by atoms with van der Waals surface area (Å²) in [4.78, 5) is 0. The van der Waals surface area contributed by atoms with Crippen molar-refractivity contribution in [1.29, 1.82) is 0 Å². The van der Waals surface area contributed by atoms with E-state index >= 15 is 0 Å². The van der Waals surface area contributed by atoms with Gasteiger partial charge in [-0.1, -0.05) is 18.2 Å². The van der Waals surface area contributed by atoms with Gasteiger partial charge < -0.3 is 10.1 Å². The number of halogens is 6. The fourth-order valence-corrected chi connectivity index (χ4v) is 2.78. The van der Waals surface area contributed by atoms with Crippen LogP contribution in [0.2, 0.25) is 0 Å². The maximum atomic E-state index is 13.1. The molecule has 128 valence electrons. The molecule has 0 aromatic heterocycles. The number of anilines is 1. The maximum Gasteiger partial charge on any atom is 0.573 e. The lowest BCUT2D eigenvalue weighted by atomic mass is 9.97. The first-order valence-electron chi connectivity index (χ1n) is 6.95. The molecule has 8 heteroatoms. The second-order valence-electron chi connectivity index (χ2n) is 5.35. The molecule has 0 radical (unpaired) electrons. The quantitative estimate of drug-likeness (QED) is 0.743. The molecule has 0 fully saturated rings. The van der Waals surface area contributed by atoms with Crippen molar-refractivity contribution in [2.45, 2.75) is 25.0 Å². The molecule has 1 N–H and O–H groups in total. The zero-order chi connectivity index (χ0) is 17.5. The number of nitrogens with one attached hydrogen (secondary N) is 1. The molecule has 0 saturated carbocycles. The zero-order valence-corrected chi connectivity index (χ0v) is 12.0. The standard InChI is InChI=1S/C16H11F6NO/c17-15(18,19)12-4-2-1-3-11(12)14-8-9-7-10(24-16(20,21)22)5-6-13(9)23-14/h1-7,14,23H,8H2. The van der Waals surface area contributed by atoms with Crippen LogP contribution in [0.5, 0.6) is 5.75 Å². The predicted octanol–water partition coefficient (Wildman–Crippen LogP) is 5.31. The number of fused-ring (bicyclic) bond motifs is 1. The van der Waals surface area contributed by atoms with Gasteiger partial charge in [-0.25, -0.2) is 0 Å². The van der Waals surface area contributed by atoms with Crippen molar-refractivity contribution in [3.05, 3.63) is 59.2 Å². The summed E-state index contributed by atoms with van der Waals surface area (Å²) in [5.74, 6) is -0.396. The summed E-state index contributed by atoms with van der Waals surface area (Å²) in [6.45, 7) is 0. The first-order valence-corrected chi connectivity index (χ1v) is 6.95. The predicted molar refractivity (Wildman–Crippen MR) is 74.6 cm³/mol. The minimum absolute atomic E-state index is 0.0551. The lowest BCUT2D eigenvalue weighted by Crippen LogP contribution is -2.17. The van der Waals surface area contributed by atoms with Crippen molar-refractivity contribution in [1.82, 2.24) is 0 Å². The summed E-state index contributed by atoms with van der Waals surface area (Å²) in [6.07, 6.45) is -9.18. The SMILES string of the molecule is FC(F)(F)Oc1ccc2c(c1)CC(c1ccccc1C(F)(F)F)N2. The smallest absolute Gasteiger partial charge is 0.406 e. The van der Waals surface area contributed by atoms with E-state index in [-0.39, 0.29) is 12.0 Å². The summed E-state index contributed by atoms with van der Waals surface area (Å²) in [6, 6.07) is 8.14. The van der Waals surface area contributed by atoms with Crippen LogP contribution in [0.3, 0.4) is 0 Å². The van der Waals surface area contributed by atoms with Gasteiger partial charge >= 0.3 is 12.5 Å². The third-order valence-corrected chi connectivity index (χ3v) is 3.71. The molecule has 0 aliphatic carbocycles. The molecule has 2 aromatic rings. The highest BCUT2D eigenvalue weighted by molar-refractivity contribution is 5.61. The summed E-state index contributed by atoms with van der Waals surface area (Å²) in [5, 5.41) is 2.92. The van der Waals surface area contributed by atoms with E-state index in [0.717, 1.165) is 12.1 Å². The van der Waals surface area contributed by atoms with Gasteiger partial charge in [0, 0.05) is 5.69 Å². The third-order valence-electron chi connectivity index (χ3n) is 3.71. The van der Waals surface area contributed by atoms with Gasteiger partial charge in [0.05, 0.1) is 11.6 Å². The van der Waals surface area contributed by atoms with E-state index in [9.17, 15) is 26.3 Å². The first kappa shape index (κ1) is 16.5. The minimum Gasteiger partial charge on any atom is -0.406 e. The first-order chi connectivity index (χ1) is 11.1.